The molecular weight excluding hydrogens is 160 g/mol. The van der Waals surface area contributed by atoms with Crippen LogP contribution in [-0.2, 0) is 0 Å². The highest BCUT2D eigenvalue weighted by Gasteiger charge is 1.85. The first-order valence-corrected chi connectivity index (χ1v) is 4.42. The van der Waals surface area contributed by atoms with Crippen molar-refractivity contribution in [2.24, 2.45) is 16.6 Å². The van der Waals surface area contributed by atoms with E-state index in [1.807, 2.05) is 6.08 Å². The predicted molar refractivity (Wildman–Crippen MR) is 51.3 cm³/mol. The second-order valence-corrected chi connectivity index (χ2v) is 2.92. The van der Waals surface area contributed by atoms with Gasteiger partial charge in [0.2, 0.25) is 5.96 Å². The van der Waals surface area contributed by atoms with Crippen molar-refractivity contribution in [2.45, 2.75) is 0 Å². The van der Waals surface area contributed by atoms with Crippen LogP contribution < -0.4 is 17.0 Å². The zero-order valence-corrected chi connectivity index (χ0v) is 7.23. The number of nitrogens with zero attached hydrogens (tertiary/aromatic N) is 1. The highest BCUT2D eigenvalue weighted by Crippen LogP contribution is 1.97. The number of hydrogen-bond donors (Lipinski definition) is 3. The van der Waals surface area contributed by atoms with Gasteiger partial charge in [0.15, 0.2) is 0 Å². The second-order valence-electron chi connectivity index (χ2n) is 1.77. The van der Waals surface area contributed by atoms with Gasteiger partial charge in [0.1, 0.15) is 0 Å². The van der Waals surface area contributed by atoms with Crippen LogP contribution >= 0.6 is 11.8 Å². The molecule has 0 heterocycles. The van der Waals surface area contributed by atoms with E-state index in [2.05, 4.69) is 17.0 Å². The fourth-order valence-electron chi connectivity index (χ4n) is 0.443. The third-order valence-electron chi connectivity index (χ3n) is 0.901. The van der Waals surface area contributed by atoms with Crippen molar-refractivity contribution in [2.75, 3.05) is 18.1 Å². The molecule has 0 atom stereocenters. The summed E-state index contributed by atoms with van der Waals surface area (Å²) in [6, 6.07) is 0. The standard InChI is InChI=1S/C6H14N4S/c1-2-4-11-5-3-9-6(7)10-8/h2H,1,3-5,8H2,(H3,7,9,10). The summed E-state index contributed by atoms with van der Waals surface area (Å²) in [7, 11) is 0. The van der Waals surface area contributed by atoms with Gasteiger partial charge in [0, 0.05) is 11.5 Å². The van der Waals surface area contributed by atoms with Gasteiger partial charge >= 0.3 is 0 Å². The summed E-state index contributed by atoms with van der Waals surface area (Å²) in [4.78, 5) is 3.92. The first-order valence-electron chi connectivity index (χ1n) is 3.26. The molecule has 64 valence electrons. The van der Waals surface area contributed by atoms with Gasteiger partial charge in [0.25, 0.3) is 0 Å². The molecule has 11 heavy (non-hydrogen) atoms. The van der Waals surface area contributed by atoms with Crippen LogP contribution in [0.2, 0.25) is 0 Å². The average Bonchev–Trinajstić information content (AvgIpc) is 2.04. The van der Waals surface area contributed by atoms with Gasteiger partial charge in [0.05, 0.1) is 6.54 Å². The lowest BCUT2D eigenvalue weighted by molar-refractivity contribution is 0.978. The fourth-order valence-corrected chi connectivity index (χ4v) is 0.997. The van der Waals surface area contributed by atoms with Crippen molar-refractivity contribution in [1.82, 2.24) is 5.43 Å². The van der Waals surface area contributed by atoms with Crippen LogP contribution in [0.4, 0.5) is 0 Å². The van der Waals surface area contributed by atoms with E-state index >= 15 is 0 Å². The van der Waals surface area contributed by atoms with Crippen LogP contribution in [0.1, 0.15) is 0 Å². The van der Waals surface area contributed by atoms with Crippen molar-refractivity contribution in [1.29, 1.82) is 0 Å². The third kappa shape index (κ3) is 7.21. The topological polar surface area (TPSA) is 76.4 Å². The lowest BCUT2D eigenvalue weighted by atomic mass is 10.8. The average molecular weight is 174 g/mol. The lowest BCUT2D eigenvalue weighted by Gasteiger charge is -1.97. The molecule has 0 aliphatic rings. The van der Waals surface area contributed by atoms with E-state index in [-0.39, 0.29) is 5.96 Å². The number of nitrogens with two attached hydrogens (primary N) is 2. The summed E-state index contributed by atoms with van der Waals surface area (Å²) < 4.78 is 0. The molecule has 0 rings (SSSR count). The van der Waals surface area contributed by atoms with Gasteiger partial charge in [-0.3, -0.25) is 10.4 Å². The molecule has 0 saturated heterocycles. The van der Waals surface area contributed by atoms with Crippen molar-refractivity contribution in [3.63, 3.8) is 0 Å². The normalized spacial score (nSPS) is 11.2. The Morgan fingerprint density at radius 1 is 1.73 bits per heavy atom. The molecule has 5 heteroatoms. The van der Waals surface area contributed by atoms with Gasteiger partial charge in [-0.15, -0.1) is 6.58 Å². The zero-order valence-electron chi connectivity index (χ0n) is 6.42. The van der Waals surface area contributed by atoms with Crippen LogP contribution in [0.5, 0.6) is 0 Å². The van der Waals surface area contributed by atoms with E-state index < -0.39 is 0 Å². The number of thioether (sulfide) groups is 1. The fraction of sp³-hybridized carbons (Fsp3) is 0.500. The Morgan fingerprint density at radius 2 is 2.45 bits per heavy atom. The summed E-state index contributed by atoms with van der Waals surface area (Å²) in [5.41, 5.74) is 7.53. The van der Waals surface area contributed by atoms with Crippen LogP contribution in [0.3, 0.4) is 0 Å². The van der Waals surface area contributed by atoms with Gasteiger partial charge in [-0.2, -0.15) is 11.8 Å². The van der Waals surface area contributed by atoms with Gasteiger partial charge < -0.3 is 5.73 Å². The van der Waals surface area contributed by atoms with E-state index in [4.69, 9.17) is 11.6 Å². The minimum atomic E-state index is 0.282. The van der Waals surface area contributed by atoms with E-state index in [9.17, 15) is 0 Å². The molecule has 0 bridgehead atoms. The number of guanidine groups is 1. The summed E-state index contributed by atoms with van der Waals surface area (Å²) in [6.45, 7) is 4.28. The minimum absolute atomic E-state index is 0.282. The van der Waals surface area contributed by atoms with Crippen molar-refractivity contribution < 1.29 is 0 Å². The Morgan fingerprint density at radius 3 is 3.00 bits per heavy atom. The molecule has 0 aromatic carbocycles. The van der Waals surface area contributed by atoms with Gasteiger partial charge in [-0.25, -0.2) is 5.84 Å². The number of aliphatic imine (C=N–C) groups is 1. The van der Waals surface area contributed by atoms with Crippen LogP contribution in [0.25, 0.3) is 0 Å². The Kier molecular flexibility index (Phi) is 6.97. The Bertz CT molecular complexity index is 135. The molecule has 0 unspecified atom stereocenters. The van der Waals surface area contributed by atoms with Crippen LogP contribution in [0, 0.1) is 0 Å². The summed E-state index contributed by atoms with van der Waals surface area (Å²) in [5.74, 6) is 7.15. The SMILES string of the molecule is C=CCSCCN=C(N)NN. The van der Waals surface area contributed by atoms with Crippen LogP contribution in [-0.4, -0.2) is 24.0 Å². The van der Waals surface area contributed by atoms with Crippen LogP contribution in [0.15, 0.2) is 17.6 Å². The van der Waals surface area contributed by atoms with Crippen molar-refractivity contribution in [3.05, 3.63) is 12.7 Å². The third-order valence-corrected chi connectivity index (χ3v) is 1.84. The summed E-state index contributed by atoms with van der Waals surface area (Å²) in [6.07, 6.45) is 1.86. The first kappa shape index (κ1) is 10.3. The highest BCUT2D eigenvalue weighted by atomic mass is 32.2. The molecule has 0 aromatic heterocycles. The summed E-state index contributed by atoms with van der Waals surface area (Å²) >= 11 is 1.76. The maximum absolute atomic E-state index is 5.27. The Hall–Kier alpha value is -0.680. The molecule has 0 spiro atoms. The van der Waals surface area contributed by atoms with Gasteiger partial charge in [-0.1, -0.05) is 6.08 Å². The molecule has 0 aliphatic heterocycles. The molecule has 0 saturated carbocycles. The lowest BCUT2D eigenvalue weighted by Crippen LogP contribution is -2.37. The van der Waals surface area contributed by atoms with E-state index in [1.54, 1.807) is 11.8 Å². The smallest absolute Gasteiger partial charge is 0.203 e. The maximum atomic E-state index is 5.27. The zero-order chi connectivity index (χ0) is 8.53. The quantitative estimate of drug-likeness (QED) is 0.133. The highest BCUT2D eigenvalue weighted by molar-refractivity contribution is 7.99. The molecule has 0 amide bonds. The van der Waals surface area contributed by atoms with E-state index in [0.29, 0.717) is 6.54 Å². The van der Waals surface area contributed by atoms with Crippen molar-refractivity contribution >= 4 is 17.7 Å². The predicted octanol–water partition coefficient (Wildman–Crippen LogP) is -0.316. The maximum Gasteiger partial charge on any atom is 0.203 e. The second kappa shape index (κ2) is 7.43. The minimum Gasteiger partial charge on any atom is -0.369 e. The molecule has 0 radical (unpaired) electrons. The number of hydrogen-bond acceptors (Lipinski definition) is 3. The Labute approximate surface area is 71.1 Å². The summed E-state index contributed by atoms with van der Waals surface area (Å²) in [5, 5.41) is 0. The number of hydrazine groups is 1. The number of nitrogens with one attached hydrogen (secondary N) is 1. The number of rotatable bonds is 5. The molecule has 0 aromatic rings. The Balaban J connectivity index is 3.19. The largest absolute Gasteiger partial charge is 0.369 e. The molecule has 4 nitrogen and oxygen atoms in total. The first-order chi connectivity index (χ1) is 5.31. The molecule has 0 aliphatic carbocycles. The molecule has 0 fully saturated rings. The monoisotopic (exact) mass is 174 g/mol. The van der Waals surface area contributed by atoms with E-state index in [0.717, 1.165) is 11.5 Å². The van der Waals surface area contributed by atoms with Gasteiger partial charge in [-0.05, 0) is 0 Å². The molecule has 5 N–H and O–H groups in total. The van der Waals surface area contributed by atoms with E-state index in [1.165, 1.54) is 0 Å². The van der Waals surface area contributed by atoms with Crippen molar-refractivity contribution in [3.8, 4) is 0 Å². The molecular formula is C6H14N4S.